The third-order valence-corrected chi connectivity index (χ3v) is 3.92. The average molecular weight is 450 g/mol. The van der Waals surface area contributed by atoms with Crippen LogP contribution in [0.2, 0.25) is 5.28 Å². The molecule has 3 aromatic rings. The van der Waals surface area contributed by atoms with E-state index in [-0.39, 0.29) is 17.1 Å². The third kappa shape index (κ3) is 5.32. The number of hydrogen-bond donors (Lipinski definition) is 1. The zero-order chi connectivity index (χ0) is 19.2. The quantitative estimate of drug-likeness (QED) is 0.351. The molecule has 1 aromatic heterocycles. The van der Waals surface area contributed by atoms with Gasteiger partial charge < -0.3 is 4.74 Å². The lowest BCUT2D eigenvalue weighted by atomic mass is 10.2. The van der Waals surface area contributed by atoms with Gasteiger partial charge in [0.1, 0.15) is 5.75 Å². The van der Waals surface area contributed by atoms with E-state index in [1.165, 1.54) is 6.21 Å². The second-order valence-corrected chi connectivity index (χ2v) is 6.43. The van der Waals surface area contributed by atoms with Crippen molar-refractivity contribution in [2.75, 3.05) is 0 Å². The summed E-state index contributed by atoms with van der Waals surface area (Å²) in [5.41, 5.74) is 3.63. The Bertz CT molecular complexity index is 999. The highest BCUT2D eigenvalue weighted by atomic mass is 79.9. The fourth-order valence-electron chi connectivity index (χ4n) is 2.00. The van der Waals surface area contributed by atoms with Gasteiger partial charge in [-0.3, -0.25) is 4.79 Å². The Morgan fingerprint density at radius 3 is 2.78 bits per heavy atom. The molecule has 0 fully saturated rings. The lowest BCUT2D eigenvalue weighted by molar-refractivity contribution is 0.0955. The fourth-order valence-corrected chi connectivity index (χ4v) is 2.52. The summed E-state index contributed by atoms with van der Waals surface area (Å²) in [5, 5.41) is 3.79. The Hall–Kier alpha value is -2.84. The maximum atomic E-state index is 13.6. The maximum absolute atomic E-state index is 13.6. The van der Waals surface area contributed by atoms with Gasteiger partial charge in [0.05, 0.1) is 12.4 Å². The van der Waals surface area contributed by atoms with Gasteiger partial charge in [0, 0.05) is 10.0 Å². The van der Waals surface area contributed by atoms with E-state index in [0.29, 0.717) is 16.9 Å². The van der Waals surface area contributed by atoms with Crippen LogP contribution >= 0.6 is 27.5 Å². The number of hydrazone groups is 1. The number of nitrogens with one attached hydrogen (secondary N) is 1. The molecule has 0 aliphatic rings. The molecule has 1 amide bonds. The highest BCUT2D eigenvalue weighted by Crippen LogP contribution is 2.23. The molecule has 6 nitrogen and oxygen atoms in total. The fraction of sp³-hybridized carbons (Fsp3) is 0. The van der Waals surface area contributed by atoms with Crippen LogP contribution in [0.4, 0.5) is 4.39 Å². The molecule has 9 heteroatoms. The normalized spacial score (nSPS) is 10.8. The molecule has 0 unspecified atom stereocenters. The van der Waals surface area contributed by atoms with Gasteiger partial charge in [-0.1, -0.05) is 22.0 Å². The molecule has 0 atom stereocenters. The first-order chi connectivity index (χ1) is 13.0. The molecule has 2 aromatic carbocycles. The Morgan fingerprint density at radius 2 is 2.04 bits per heavy atom. The van der Waals surface area contributed by atoms with E-state index >= 15 is 0 Å². The molecule has 0 saturated heterocycles. The van der Waals surface area contributed by atoms with Gasteiger partial charge in [-0.2, -0.15) is 14.5 Å². The molecule has 0 saturated carbocycles. The number of ether oxygens (including phenoxy) is 1. The minimum atomic E-state index is -0.722. The zero-order valence-electron chi connectivity index (χ0n) is 13.6. The number of amides is 1. The number of carbonyl (C=O) groups excluding carboxylic acids is 1. The Morgan fingerprint density at radius 1 is 1.26 bits per heavy atom. The van der Waals surface area contributed by atoms with E-state index in [2.05, 4.69) is 36.4 Å². The molecule has 0 aliphatic heterocycles. The van der Waals surface area contributed by atoms with Gasteiger partial charge >= 0.3 is 0 Å². The number of benzene rings is 2. The summed E-state index contributed by atoms with van der Waals surface area (Å²) in [4.78, 5) is 19.2. The Balaban J connectivity index is 1.61. The summed E-state index contributed by atoms with van der Waals surface area (Å²) in [6, 6.07) is 13.5. The zero-order valence-corrected chi connectivity index (χ0v) is 15.9. The smallest absolute Gasteiger partial charge is 0.271 e. The monoisotopic (exact) mass is 448 g/mol. The van der Waals surface area contributed by atoms with E-state index in [9.17, 15) is 9.18 Å². The third-order valence-electron chi connectivity index (χ3n) is 3.24. The molecule has 0 aliphatic carbocycles. The molecular weight excluding hydrogens is 439 g/mol. The van der Waals surface area contributed by atoms with Crippen molar-refractivity contribution < 1.29 is 13.9 Å². The first kappa shape index (κ1) is 18.9. The van der Waals surface area contributed by atoms with E-state index < -0.39 is 5.82 Å². The molecule has 0 radical (unpaired) electrons. The summed E-state index contributed by atoms with van der Waals surface area (Å²) in [6.45, 7) is 0. The van der Waals surface area contributed by atoms with Gasteiger partial charge in [0.2, 0.25) is 11.1 Å². The van der Waals surface area contributed by atoms with Crippen molar-refractivity contribution in [3.8, 4) is 11.6 Å². The predicted octanol–water partition coefficient (Wildman–Crippen LogP) is 4.59. The lowest BCUT2D eigenvalue weighted by Gasteiger charge is -2.05. The predicted molar refractivity (Wildman–Crippen MR) is 103 cm³/mol. The number of halogens is 3. The minimum absolute atomic E-state index is 0.114. The molecule has 0 spiro atoms. The summed E-state index contributed by atoms with van der Waals surface area (Å²) >= 11 is 8.93. The summed E-state index contributed by atoms with van der Waals surface area (Å²) in [7, 11) is 0. The van der Waals surface area contributed by atoms with E-state index in [0.717, 1.165) is 10.7 Å². The van der Waals surface area contributed by atoms with Crippen molar-refractivity contribution >= 4 is 39.7 Å². The molecule has 1 N–H and O–H groups in total. The largest absolute Gasteiger partial charge is 0.436 e. The van der Waals surface area contributed by atoms with Gasteiger partial charge in [0.15, 0.2) is 0 Å². The van der Waals surface area contributed by atoms with Crippen LogP contribution in [0.25, 0.3) is 0 Å². The Labute approximate surface area is 167 Å². The number of rotatable bonds is 5. The maximum Gasteiger partial charge on any atom is 0.271 e. The van der Waals surface area contributed by atoms with Crippen LogP contribution in [-0.2, 0) is 0 Å². The van der Waals surface area contributed by atoms with Crippen molar-refractivity contribution in [1.82, 2.24) is 15.4 Å². The summed E-state index contributed by atoms with van der Waals surface area (Å²) in [6.07, 6.45) is 2.40. The lowest BCUT2D eigenvalue weighted by Crippen LogP contribution is -2.17. The molecular formula is C18H11BrClFN4O2. The van der Waals surface area contributed by atoms with Crippen molar-refractivity contribution in [2.45, 2.75) is 0 Å². The highest BCUT2D eigenvalue weighted by Gasteiger charge is 2.08. The molecule has 27 heavy (non-hydrogen) atoms. The van der Waals surface area contributed by atoms with Crippen LogP contribution in [-0.4, -0.2) is 22.1 Å². The first-order valence-corrected chi connectivity index (χ1v) is 8.73. The van der Waals surface area contributed by atoms with E-state index in [1.807, 2.05) is 6.07 Å². The van der Waals surface area contributed by atoms with Gasteiger partial charge in [-0.15, -0.1) is 0 Å². The molecule has 1 heterocycles. The van der Waals surface area contributed by atoms with Gasteiger partial charge in [-0.25, -0.2) is 10.4 Å². The van der Waals surface area contributed by atoms with Crippen LogP contribution in [0.15, 0.2) is 64.3 Å². The molecule has 3 rings (SSSR count). The summed E-state index contributed by atoms with van der Waals surface area (Å²) in [5.74, 6) is -0.958. The van der Waals surface area contributed by atoms with Gasteiger partial charge in [0.25, 0.3) is 11.8 Å². The minimum Gasteiger partial charge on any atom is -0.436 e. The molecule has 0 bridgehead atoms. The average Bonchev–Trinajstić information content (AvgIpc) is 2.66. The highest BCUT2D eigenvalue weighted by molar-refractivity contribution is 9.10. The van der Waals surface area contributed by atoms with Crippen LogP contribution in [0.5, 0.6) is 11.6 Å². The number of aromatic nitrogens is 2. The standard InChI is InChI=1S/C18H11BrClFN4O2/c19-13-3-1-2-12(8-13)16(26)25-23-9-11-4-6-14(7-5-11)27-17-15(21)10-22-18(20)24-17/h1-10H,(H,25,26)/b23-9-. The number of hydrogen-bond acceptors (Lipinski definition) is 5. The Kier molecular flexibility index (Phi) is 6.10. The van der Waals surface area contributed by atoms with Gasteiger partial charge in [-0.05, 0) is 59.6 Å². The topological polar surface area (TPSA) is 76.5 Å². The van der Waals surface area contributed by atoms with Crippen LogP contribution in [0, 0.1) is 5.82 Å². The van der Waals surface area contributed by atoms with Crippen LogP contribution < -0.4 is 10.2 Å². The van der Waals surface area contributed by atoms with Crippen LogP contribution in [0.3, 0.4) is 0 Å². The SMILES string of the molecule is O=C(N/N=C\c1ccc(Oc2nc(Cl)ncc2F)cc1)c1cccc(Br)c1. The number of carbonyl (C=O) groups is 1. The second-order valence-electron chi connectivity index (χ2n) is 5.17. The van der Waals surface area contributed by atoms with Crippen molar-refractivity contribution in [2.24, 2.45) is 5.10 Å². The first-order valence-electron chi connectivity index (χ1n) is 7.56. The van der Waals surface area contributed by atoms with E-state index in [4.69, 9.17) is 16.3 Å². The number of nitrogens with zero attached hydrogens (tertiary/aromatic N) is 3. The molecule has 136 valence electrons. The van der Waals surface area contributed by atoms with Crippen molar-refractivity contribution in [3.05, 3.63) is 81.4 Å². The second kappa shape index (κ2) is 8.70. The van der Waals surface area contributed by atoms with E-state index in [1.54, 1.807) is 42.5 Å². The van der Waals surface area contributed by atoms with Crippen LogP contribution in [0.1, 0.15) is 15.9 Å². The summed E-state index contributed by atoms with van der Waals surface area (Å²) < 4.78 is 19.7. The van der Waals surface area contributed by atoms with Crippen molar-refractivity contribution in [3.63, 3.8) is 0 Å². The van der Waals surface area contributed by atoms with Crippen molar-refractivity contribution in [1.29, 1.82) is 0 Å².